The smallest absolute Gasteiger partial charge is 0.324 e. The number of hydrogen-bond acceptors (Lipinski definition) is 6. The number of methoxy groups -OCH3 is 1. The largest absolute Gasteiger partial charge is 0.468 e. The van der Waals surface area contributed by atoms with Crippen molar-refractivity contribution in [1.82, 2.24) is 24.7 Å². The van der Waals surface area contributed by atoms with Gasteiger partial charge in [-0.05, 0) is 0 Å². The fourth-order valence-electron chi connectivity index (χ4n) is 1.57. The second kappa shape index (κ2) is 5.84. The summed E-state index contributed by atoms with van der Waals surface area (Å²) in [7, 11) is -2.69. The molecule has 10 heteroatoms. The SMILES string of the molecule is COC(=O)[C@H](Cc1cnc[nH]1)NS(=O)(=O)c1cnc[nH]1. The molecular formula is C10H13N5O4S. The van der Waals surface area contributed by atoms with Crippen molar-refractivity contribution in [2.45, 2.75) is 17.5 Å². The molecule has 0 aliphatic heterocycles. The summed E-state index contributed by atoms with van der Waals surface area (Å²) in [6.45, 7) is 0. The number of ether oxygens (including phenoxy) is 1. The number of hydrogen-bond donors (Lipinski definition) is 3. The van der Waals surface area contributed by atoms with E-state index >= 15 is 0 Å². The molecule has 0 aliphatic carbocycles. The van der Waals surface area contributed by atoms with E-state index in [1.54, 1.807) is 0 Å². The third kappa shape index (κ3) is 3.22. The van der Waals surface area contributed by atoms with E-state index in [0.29, 0.717) is 5.69 Å². The van der Waals surface area contributed by atoms with Crippen LogP contribution in [0.3, 0.4) is 0 Å². The molecule has 0 bridgehead atoms. The predicted octanol–water partition coefficient (Wildman–Crippen LogP) is -0.805. The summed E-state index contributed by atoms with van der Waals surface area (Å²) in [6.07, 6.45) is 5.41. The molecule has 2 heterocycles. The van der Waals surface area contributed by atoms with Crippen molar-refractivity contribution in [3.63, 3.8) is 0 Å². The molecule has 0 amide bonds. The van der Waals surface area contributed by atoms with E-state index in [1.807, 2.05) is 0 Å². The first kappa shape index (κ1) is 14.2. The zero-order chi connectivity index (χ0) is 14.6. The summed E-state index contributed by atoms with van der Waals surface area (Å²) in [4.78, 5) is 24.4. The Hall–Kier alpha value is -2.20. The summed E-state index contributed by atoms with van der Waals surface area (Å²) < 4.78 is 30.9. The Balaban J connectivity index is 2.18. The lowest BCUT2D eigenvalue weighted by Crippen LogP contribution is -2.43. The van der Waals surface area contributed by atoms with Crippen LogP contribution in [0.4, 0.5) is 0 Å². The second-order valence-corrected chi connectivity index (χ2v) is 5.58. The highest BCUT2D eigenvalue weighted by Gasteiger charge is 2.27. The normalized spacial score (nSPS) is 13.1. The number of nitrogens with zero attached hydrogens (tertiary/aromatic N) is 2. The van der Waals surface area contributed by atoms with E-state index < -0.39 is 22.0 Å². The molecule has 0 aliphatic rings. The summed E-state index contributed by atoms with van der Waals surface area (Å²) >= 11 is 0. The van der Waals surface area contributed by atoms with E-state index in [0.717, 1.165) is 6.20 Å². The molecule has 0 unspecified atom stereocenters. The lowest BCUT2D eigenvalue weighted by molar-refractivity contribution is -0.142. The van der Waals surface area contributed by atoms with Crippen LogP contribution >= 0.6 is 0 Å². The van der Waals surface area contributed by atoms with E-state index in [2.05, 4.69) is 29.4 Å². The molecular weight excluding hydrogens is 286 g/mol. The molecule has 2 aromatic heterocycles. The third-order valence-electron chi connectivity index (χ3n) is 2.52. The number of esters is 1. The van der Waals surface area contributed by atoms with Crippen molar-refractivity contribution in [3.8, 4) is 0 Å². The molecule has 0 fully saturated rings. The van der Waals surface area contributed by atoms with Gasteiger partial charge in [0.05, 0.1) is 26.0 Å². The highest BCUT2D eigenvalue weighted by atomic mass is 32.2. The van der Waals surface area contributed by atoms with Gasteiger partial charge in [0.1, 0.15) is 6.04 Å². The first-order valence-corrected chi connectivity index (χ1v) is 7.07. The van der Waals surface area contributed by atoms with Crippen LogP contribution in [-0.2, 0) is 26.0 Å². The molecule has 0 saturated carbocycles. The van der Waals surface area contributed by atoms with Crippen molar-refractivity contribution < 1.29 is 17.9 Å². The van der Waals surface area contributed by atoms with Gasteiger partial charge in [-0.1, -0.05) is 0 Å². The topological polar surface area (TPSA) is 130 Å². The van der Waals surface area contributed by atoms with Gasteiger partial charge in [0.15, 0.2) is 5.03 Å². The van der Waals surface area contributed by atoms with Crippen molar-refractivity contribution in [3.05, 3.63) is 30.7 Å². The van der Waals surface area contributed by atoms with Gasteiger partial charge in [-0.2, -0.15) is 4.72 Å². The van der Waals surface area contributed by atoms with E-state index in [1.165, 1.54) is 26.0 Å². The van der Waals surface area contributed by atoms with Crippen LogP contribution in [0.15, 0.2) is 30.1 Å². The first-order valence-electron chi connectivity index (χ1n) is 5.58. The Kier molecular flexibility index (Phi) is 4.15. The lowest BCUT2D eigenvalue weighted by Gasteiger charge is -2.15. The number of imidazole rings is 2. The quantitative estimate of drug-likeness (QED) is 0.598. The van der Waals surface area contributed by atoms with Gasteiger partial charge in [0, 0.05) is 18.3 Å². The minimum Gasteiger partial charge on any atom is -0.468 e. The average Bonchev–Trinajstić information content (AvgIpc) is 3.09. The van der Waals surface area contributed by atoms with Crippen LogP contribution in [0.25, 0.3) is 0 Å². The molecule has 2 aromatic rings. The standard InChI is InChI=1S/C10H13N5O4S/c1-19-10(16)8(2-7-3-11-5-13-7)15-20(17,18)9-4-12-6-14-9/h3-6,8,15H,2H2,1H3,(H,11,13)(H,12,14)/t8-/m0/s1. The van der Waals surface area contributed by atoms with E-state index in [4.69, 9.17) is 0 Å². The molecule has 1 atom stereocenters. The number of nitrogens with one attached hydrogen (secondary N) is 3. The highest BCUT2D eigenvalue weighted by molar-refractivity contribution is 7.89. The minimum absolute atomic E-state index is 0.0973. The predicted molar refractivity (Wildman–Crippen MR) is 67.0 cm³/mol. The van der Waals surface area contributed by atoms with Crippen molar-refractivity contribution in [1.29, 1.82) is 0 Å². The van der Waals surface area contributed by atoms with Gasteiger partial charge in [-0.15, -0.1) is 0 Å². The summed E-state index contributed by atoms with van der Waals surface area (Å²) in [5.74, 6) is -0.692. The zero-order valence-corrected chi connectivity index (χ0v) is 11.3. The van der Waals surface area contributed by atoms with Crippen molar-refractivity contribution >= 4 is 16.0 Å². The number of aromatic amines is 2. The maximum absolute atomic E-state index is 12.0. The van der Waals surface area contributed by atoms with Gasteiger partial charge in [0.2, 0.25) is 0 Å². The Bertz CT molecular complexity index is 650. The monoisotopic (exact) mass is 299 g/mol. The van der Waals surface area contributed by atoms with Gasteiger partial charge in [-0.25, -0.2) is 18.4 Å². The lowest BCUT2D eigenvalue weighted by atomic mass is 10.2. The number of carbonyl (C=O) groups is 1. The Morgan fingerprint density at radius 1 is 1.35 bits per heavy atom. The van der Waals surface area contributed by atoms with Crippen LogP contribution in [0.1, 0.15) is 5.69 Å². The van der Waals surface area contributed by atoms with Gasteiger partial charge in [0.25, 0.3) is 10.0 Å². The van der Waals surface area contributed by atoms with Crippen molar-refractivity contribution in [2.24, 2.45) is 0 Å². The fraction of sp³-hybridized carbons (Fsp3) is 0.300. The molecule has 0 spiro atoms. The summed E-state index contributed by atoms with van der Waals surface area (Å²) in [5.41, 5.74) is 0.604. The number of rotatable bonds is 6. The van der Waals surface area contributed by atoms with Crippen LogP contribution in [-0.4, -0.2) is 47.5 Å². The van der Waals surface area contributed by atoms with Gasteiger partial charge < -0.3 is 14.7 Å². The molecule has 0 saturated heterocycles. The summed E-state index contributed by atoms with van der Waals surface area (Å²) in [5, 5.41) is -0.129. The molecule has 3 N–H and O–H groups in total. The van der Waals surface area contributed by atoms with Crippen LogP contribution in [0, 0.1) is 0 Å². The fourth-order valence-corrected chi connectivity index (χ4v) is 2.66. The summed E-state index contributed by atoms with van der Waals surface area (Å²) in [6, 6.07) is -1.06. The molecule has 20 heavy (non-hydrogen) atoms. The average molecular weight is 299 g/mol. The van der Waals surface area contributed by atoms with Gasteiger partial charge in [-0.3, -0.25) is 4.79 Å². The first-order chi connectivity index (χ1) is 9.53. The Morgan fingerprint density at radius 3 is 2.60 bits per heavy atom. The maximum Gasteiger partial charge on any atom is 0.324 e. The maximum atomic E-state index is 12.0. The minimum atomic E-state index is -3.88. The zero-order valence-electron chi connectivity index (χ0n) is 10.5. The van der Waals surface area contributed by atoms with Gasteiger partial charge >= 0.3 is 5.97 Å². The van der Waals surface area contributed by atoms with Crippen molar-refractivity contribution in [2.75, 3.05) is 7.11 Å². The van der Waals surface area contributed by atoms with Crippen LogP contribution < -0.4 is 4.72 Å². The molecule has 2 rings (SSSR count). The molecule has 108 valence electrons. The number of aromatic nitrogens is 4. The second-order valence-electron chi connectivity index (χ2n) is 3.89. The third-order valence-corrected chi connectivity index (χ3v) is 3.92. The number of carbonyl (C=O) groups excluding carboxylic acids is 1. The number of H-pyrrole nitrogens is 2. The van der Waals surface area contributed by atoms with E-state index in [-0.39, 0.29) is 11.4 Å². The Morgan fingerprint density at radius 2 is 2.05 bits per heavy atom. The van der Waals surface area contributed by atoms with Crippen LogP contribution in [0.5, 0.6) is 0 Å². The van der Waals surface area contributed by atoms with E-state index in [9.17, 15) is 13.2 Å². The Labute approximate surface area is 114 Å². The highest BCUT2D eigenvalue weighted by Crippen LogP contribution is 2.07. The molecule has 9 nitrogen and oxygen atoms in total. The number of sulfonamides is 1. The molecule has 0 aromatic carbocycles. The van der Waals surface area contributed by atoms with Crippen LogP contribution in [0.2, 0.25) is 0 Å². The molecule has 0 radical (unpaired) electrons.